The van der Waals surface area contributed by atoms with E-state index in [0.29, 0.717) is 18.0 Å². The van der Waals surface area contributed by atoms with Crippen LogP contribution in [0.25, 0.3) is 0 Å². The summed E-state index contributed by atoms with van der Waals surface area (Å²) in [4.78, 5) is 28.8. The molecule has 1 amide bonds. The van der Waals surface area contributed by atoms with Gasteiger partial charge in [-0.15, -0.1) is 0 Å². The van der Waals surface area contributed by atoms with Gasteiger partial charge in [0.15, 0.2) is 0 Å². The summed E-state index contributed by atoms with van der Waals surface area (Å²) < 4.78 is 0. The van der Waals surface area contributed by atoms with E-state index in [4.69, 9.17) is 0 Å². The molecule has 5 nitrogen and oxygen atoms in total. The molecule has 16 heavy (non-hydrogen) atoms. The number of nitrogens with one attached hydrogen (secondary N) is 2. The van der Waals surface area contributed by atoms with Crippen LogP contribution in [0.4, 0.5) is 0 Å². The zero-order valence-corrected chi connectivity index (χ0v) is 9.49. The number of hydrogen-bond acceptors (Lipinski definition) is 3. The van der Waals surface area contributed by atoms with Gasteiger partial charge in [0.1, 0.15) is 0 Å². The number of nitrogens with zero attached hydrogens (tertiary/aromatic N) is 1. The maximum atomic E-state index is 11.5. The highest BCUT2D eigenvalue weighted by atomic mass is 16.2. The quantitative estimate of drug-likeness (QED) is 0.739. The van der Waals surface area contributed by atoms with Gasteiger partial charge in [-0.2, -0.15) is 0 Å². The largest absolute Gasteiger partial charge is 0.351 e. The second-order valence-corrected chi connectivity index (χ2v) is 4.10. The zero-order chi connectivity index (χ0) is 12.0. The third-order valence-electron chi connectivity index (χ3n) is 2.08. The SMILES string of the molecule is CC(C)C[C@@H]([C]=O)NC(=O)Cc1c[nH]cn1. The Labute approximate surface area is 94.7 Å². The van der Waals surface area contributed by atoms with Gasteiger partial charge in [-0.1, -0.05) is 13.8 Å². The average molecular weight is 222 g/mol. The Kier molecular flexibility index (Phi) is 4.69. The molecule has 1 radical (unpaired) electrons. The highest BCUT2D eigenvalue weighted by molar-refractivity contribution is 5.81. The molecule has 0 unspecified atom stereocenters. The Morgan fingerprint density at radius 2 is 2.38 bits per heavy atom. The van der Waals surface area contributed by atoms with Gasteiger partial charge in [-0.25, -0.2) is 4.98 Å². The van der Waals surface area contributed by atoms with Crippen molar-refractivity contribution in [2.45, 2.75) is 32.7 Å². The van der Waals surface area contributed by atoms with Gasteiger partial charge in [0.25, 0.3) is 0 Å². The highest BCUT2D eigenvalue weighted by Gasteiger charge is 2.14. The Morgan fingerprint density at radius 3 is 2.88 bits per heavy atom. The van der Waals surface area contributed by atoms with Crippen LogP contribution < -0.4 is 5.32 Å². The van der Waals surface area contributed by atoms with Crippen molar-refractivity contribution in [3.63, 3.8) is 0 Å². The normalized spacial score (nSPS) is 12.4. The number of aromatic nitrogens is 2. The number of imidazole rings is 1. The summed E-state index contributed by atoms with van der Waals surface area (Å²) >= 11 is 0. The van der Waals surface area contributed by atoms with E-state index in [2.05, 4.69) is 15.3 Å². The average Bonchev–Trinajstić information content (AvgIpc) is 2.68. The smallest absolute Gasteiger partial charge is 0.226 e. The summed E-state index contributed by atoms with van der Waals surface area (Å²) in [5.41, 5.74) is 0.659. The van der Waals surface area contributed by atoms with Crippen molar-refractivity contribution < 1.29 is 9.59 Å². The molecular weight excluding hydrogens is 206 g/mol. The van der Waals surface area contributed by atoms with E-state index in [1.807, 2.05) is 20.1 Å². The lowest BCUT2D eigenvalue weighted by Gasteiger charge is -2.13. The van der Waals surface area contributed by atoms with Gasteiger partial charge in [0.05, 0.1) is 24.5 Å². The van der Waals surface area contributed by atoms with E-state index >= 15 is 0 Å². The van der Waals surface area contributed by atoms with E-state index in [-0.39, 0.29) is 12.3 Å². The Bertz CT molecular complexity index is 333. The van der Waals surface area contributed by atoms with Crippen LogP contribution in [0.2, 0.25) is 0 Å². The Balaban J connectivity index is 2.40. The zero-order valence-electron chi connectivity index (χ0n) is 9.49. The third kappa shape index (κ3) is 4.25. The van der Waals surface area contributed by atoms with Crippen LogP contribution in [-0.4, -0.2) is 28.2 Å². The van der Waals surface area contributed by atoms with Gasteiger partial charge < -0.3 is 10.3 Å². The van der Waals surface area contributed by atoms with E-state index < -0.39 is 6.04 Å². The number of carbonyl (C=O) groups is 1. The molecule has 1 heterocycles. The first-order chi connectivity index (χ1) is 7.61. The number of hydrogen-bond donors (Lipinski definition) is 2. The maximum Gasteiger partial charge on any atom is 0.226 e. The first kappa shape index (κ1) is 12.4. The second kappa shape index (κ2) is 6.05. The lowest BCUT2D eigenvalue weighted by atomic mass is 10.0. The van der Waals surface area contributed by atoms with E-state index in [1.54, 1.807) is 6.20 Å². The van der Waals surface area contributed by atoms with Gasteiger partial charge in [-0.3, -0.25) is 9.59 Å². The van der Waals surface area contributed by atoms with Crippen molar-refractivity contribution in [2.75, 3.05) is 0 Å². The first-order valence-electron chi connectivity index (χ1n) is 5.26. The fourth-order valence-corrected chi connectivity index (χ4v) is 1.41. The van der Waals surface area contributed by atoms with Crippen molar-refractivity contribution in [3.05, 3.63) is 18.2 Å². The fraction of sp³-hybridized carbons (Fsp3) is 0.545. The second-order valence-electron chi connectivity index (χ2n) is 4.10. The van der Waals surface area contributed by atoms with Crippen LogP contribution in [-0.2, 0) is 16.0 Å². The van der Waals surface area contributed by atoms with Crippen LogP contribution in [0.15, 0.2) is 12.5 Å². The number of H-pyrrole nitrogens is 1. The standard InChI is InChI=1S/C11H16N3O2/c1-8(2)3-10(6-15)14-11(16)4-9-5-12-7-13-9/h5,7-8,10H,3-4H2,1-2H3,(H,12,13)(H,14,16)/t10-/m0/s1. The molecule has 0 fully saturated rings. The molecule has 0 spiro atoms. The number of rotatable bonds is 6. The molecule has 1 atom stereocenters. The lowest BCUT2D eigenvalue weighted by molar-refractivity contribution is -0.120. The van der Waals surface area contributed by atoms with Crippen LogP contribution in [0.3, 0.4) is 0 Å². The van der Waals surface area contributed by atoms with Crippen molar-refractivity contribution >= 4 is 12.2 Å². The van der Waals surface area contributed by atoms with E-state index in [9.17, 15) is 9.59 Å². The molecule has 0 aliphatic rings. The summed E-state index contributed by atoms with van der Waals surface area (Å²) in [6.07, 6.45) is 5.79. The molecule has 1 rings (SSSR count). The van der Waals surface area contributed by atoms with E-state index in [0.717, 1.165) is 0 Å². The van der Waals surface area contributed by atoms with Crippen LogP contribution >= 0.6 is 0 Å². The van der Waals surface area contributed by atoms with Gasteiger partial charge in [0.2, 0.25) is 12.2 Å². The number of amides is 1. The van der Waals surface area contributed by atoms with Crippen LogP contribution in [0.1, 0.15) is 26.0 Å². The first-order valence-corrected chi connectivity index (χ1v) is 5.26. The molecule has 2 N–H and O–H groups in total. The molecule has 87 valence electrons. The summed E-state index contributed by atoms with van der Waals surface area (Å²) in [5, 5.41) is 2.62. The topological polar surface area (TPSA) is 74.8 Å². The Hall–Kier alpha value is -1.65. The highest BCUT2D eigenvalue weighted by Crippen LogP contribution is 2.03. The molecule has 5 heteroatoms. The number of aromatic amines is 1. The summed E-state index contributed by atoms with van der Waals surface area (Å²) in [5.74, 6) is 0.137. The van der Waals surface area contributed by atoms with Crippen molar-refractivity contribution in [2.24, 2.45) is 5.92 Å². The predicted molar refractivity (Wildman–Crippen MR) is 59.4 cm³/mol. The summed E-state index contributed by atoms with van der Waals surface area (Å²) in [7, 11) is 0. The molecule has 0 aromatic carbocycles. The molecule has 0 aliphatic heterocycles. The monoisotopic (exact) mass is 222 g/mol. The van der Waals surface area contributed by atoms with Crippen LogP contribution in [0.5, 0.6) is 0 Å². The minimum atomic E-state index is -0.522. The molecular formula is C11H16N3O2. The van der Waals surface area contributed by atoms with Gasteiger partial charge >= 0.3 is 0 Å². The van der Waals surface area contributed by atoms with Gasteiger partial charge in [0, 0.05) is 6.20 Å². The summed E-state index contributed by atoms with van der Waals surface area (Å²) in [6, 6.07) is -0.522. The van der Waals surface area contributed by atoms with Crippen molar-refractivity contribution in [1.82, 2.24) is 15.3 Å². The molecule has 0 saturated heterocycles. The molecule has 0 bridgehead atoms. The molecule has 0 aliphatic carbocycles. The minimum absolute atomic E-state index is 0.180. The minimum Gasteiger partial charge on any atom is -0.351 e. The van der Waals surface area contributed by atoms with Crippen LogP contribution in [0, 0.1) is 5.92 Å². The maximum absolute atomic E-state index is 11.5. The third-order valence-corrected chi connectivity index (χ3v) is 2.08. The lowest BCUT2D eigenvalue weighted by Crippen LogP contribution is -2.37. The van der Waals surface area contributed by atoms with Gasteiger partial charge in [-0.05, 0) is 12.3 Å². The number of carbonyl (C=O) groups excluding carboxylic acids is 2. The molecule has 1 aromatic heterocycles. The molecule has 0 saturated carbocycles. The summed E-state index contributed by atoms with van der Waals surface area (Å²) in [6.45, 7) is 3.98. The van der Waals surface area contributed by atoms with Crippen molar-refractivity contribution in [1.29, 1.82) is 0 Å². The fourth-order valence-electron chi connectivity index (χ4n) is 1.41. The molecule has 1 aromatic rings. The predicted octanol–water partition coefficient (Wildman–Crippen LogP) is 0.593. The Morgan fingerprint density at radius 1 is 1.62 bits per heavy atom. The van der Waals surface area contributed by atoms with Crippen molar-refractivity contribution in [3.8, 4) is 0 Å². The van der Waals surface area contributed by atoms with E-state index in [1.165, 1.54) is 6.33 Å².